The van der Waals surface area contributed by atoms with E-state index in [9.17, 15) is 14.7 Å². The van der Waals surface area contributed by atoms with Crippen molar-refractivity contribution in [3.05, 3.63) is 76.5 Å². The van der Waals surface area contributed by atoms with Gasteiger partial charge in [-0.15, -0.1) is 0 Å². The van der Waals surface area contributed by atoms with E-state index in [2.05, 4.69) is 21.5 Å². The number of aromatic nitrogens is 4. The second kappa shape index (κ2) is 11.2. The summed E-state index contributed by atoms with van der Waals surface area (Å²) in [6.07, 6.45) is 2.54. The fourth-order valence-corrected chi connectivity index (χ4v) is 6.16. The molecular weight excluding hydrogens is 589 g/mol. The number of anilines is 1. The molecule has 0 bridgehead atoms. The summed E-state index contributed by atoms with van der Waals surface area (Å²) in [5, 5.41) is 10.5. The maximum atomic E-state index is 17.2. The molecule has 1 atom stereocenters. The number of fused-ring (bicyclic) bond motifs is 2. The third-order valence-electron chi connectivity index (χ3n) is 8.25. The molecule has 45 heavy (non-hydrogen) atoms. The Bertz CT molecular complexity index is 1900. The number of piperazine rings is 1. The van der Waals surface area contributed by atoms with Crippen molar-refractivity contribution >= 4 is 22.6 Å². The van der Waals surface area contributed by atoms with Crippen molar-refractivity contribution < 1.29 is 27.8 Å². The lowest BCUT2D eigenvalue weighted by Gasteiger charge is -2.40. The number of hydrogen-bond acceptors (Lipinski definition) is 8. The Hall–Kier alpha value is -4.94. The van der Waals surface area contributed by atoms with E-state index in [-0.39, 0.29) is 60.9 Å². The monoisotopic (exact) mass is 620 g/mol. The van der Waals surface area contributed by atoms with Crippen LogP contribution >= 0.6 is 0 Å². The number of rotatable bonds is 5. The zero-order valence-electron chi connectivity index (χ0n) is 25.1. The summed E-state index contributed by atoms with van der Waals surface area (Å²) in [5.41, 5.74) is -1.96. The van der Waals surface area contributed by atoms with Gasteiger partial charge in [0.05, 0.1) is 39.6 Å². The van der Waals surface area contributed by atoms with Gasteiger partial charge < -0.3 is 19.6 Å². The van der Waals surface area contributed by atoms with E-state index < -0.39 is 57.3 Å². The Kier molecular flexibility index (Phi) is 7.50. The largest absolute Gasteiger partial charge is 0.507 e. The van der Waals surface area contributed by atoms with Crippen molar-refractivity contribution in [2.24, 2.45) is 0 Å². The van der Waals surface area contributed by atoms with Crippen LogP contribution in [0.4, 0.5) is 19.0 Å². The highest BCUT2D eigenvalue weighted by Gasteiger charge is 2.39. The van der Waals surface area contributed by atoms with Crippen LogP contribution in [0.15, 0.2) is 42.0 Å². The molecule has 4 aromatic rings. The van der Waals surface area contributed by atoms with Crippen molar-refractivity contribution in [1.29, 1.82) is 0 Å². The molecule has 1 fully saturated rings. The predicted molar refractivity (Wildman–Crippen MR) is 161 cm³/mol. The molecule has 4 heterocycles. The van der Waals surface area contributed by atoms with Gasteiger partial charge in [-0.1, -0.05) is 40.3 Å². The molecule has 0 aliphatic carbocycles. The van der Waals surface area contributed by atoms with Crippen LogP contribution in [0.2, 0.25) is 0 Å². The second-order valence-electron chi connectivity index (χ2n) is 11.7. The second-order valence-corrected chi connectivity index (χ2v) is 11.7. The van der Waals surface area contributed by atoms with E-state index >= 15 is 13.2 Å². The summed E-state index contributed by atoms with van der Waals surface area (Å²) in [5.74, 6) is -5.70. The Labute approximate surface area is 256 Å². The number of hydrogen-bond donors (Lipinski definition) is 1. The predicted octanol–water partition coefficient (Wildman–Crippen LogP) is 4.81. The summed E-state index contributed by atoms with van der Waals surface area (Å²) in [4.78, 5) is 43.1. The third kappa shape index (κ3) is 4.68. The van der Waals surface area contributed by atoms with E-state index in [1.54, 1.807) is 4.90 Å². The Balaban J connectivity index is 1.78. The smallest absolute Gasteiger partial charge is 0.354 e. The van der Waals surface area contributed by atoms with Gasteiger partial charge in [-0.05, 0) is 30.0 Å². The Morgan fingerprint density at radius 3 is 2.38 bits per heavy atom. The quantitative estimate of drug-likeness (QED) is 0.317. The number of aromatic hydroxyl groups is 1. The van der Waals surface area contributed by atoms with Crippen molar-refractivity contribution in [2.75, 3.05) is 31.1 Å². The van der Waals surface area contributed by atoms with Gasteiger partial charge in [-0.2, -0.15) is 4.98 Å². The minimum Gasteiger partial charge on any atom is -0.507 e. The molecule has 6 rings (SSSR count). The lowest BCUT2D eigenvalue weighted by Crippen LogP contribution is -2.56. The highest BCUT2D eigenvalue weighted by Crippen LogP contribution is 2.47. The average molecular weight is 621 g/mol. The maximum absolute atomic E-state index is 17.2. The van der Waals surface area contributed by atoms with Gasteiger partial charge in [0.2, 0.25) is 5.91 Å². The number of amides is 1. The fourth-order valence-electron chi connectivity index (χ4n) is 6.16. The highest BCUT2D eigenvalue weighted by atomic mass is 19.1. The van der Waals surface area contributed by atoms with E-state index in [1.165, 1.54) is 23.4 Å². The summed E-state index contributed by atoms with van der Waals surface area (Å²) >= 11 is 0. The lowest BCUT2D eigenvalue weighted by molar-refractivity contribution is -0.126. The SMILES string of the molecule is C=CC(=O)N1CCN2c3nc(=O)n(-c4c(C(C)C)ncnc4C(C)C)c4c(F)c(-c5c(O)cccc5F)c(F)c(c34)OCC2C1. The van der Waals surface area contributed by atoms with Crippen molar-refractivity contribution in [3.63, 3.8) is 0 Å². The maximum Gasteiger partial charge on any atom is 0.354 e. The molecule has 2 aromatic carbocycles. The number of phenolic OH excluding ortho intramolecular Hbond substituents is 1. The van der Waals surface area contributed by atoms with Crippen LogP contribution < -0.4 is 15.3 Å². The van der Waals surface area contributed by atoms with Gasteiger partial charge in [0.15, 0.2) is 17.4 Å². The number of carbonyl (C=O) groups is 1. The molecule has 0 radical (unpaired) electrons. The number of carbonyl (C=O) groups excluding carboxylic acids is 1. The van der Waals surface area contributed by atoms with Crippen molar-refractivity contribution in [2.45, 2.75) is 45.6 Å². The zero-order valence-corrected chi connectivity index (χ0v) is 25.1. The van der Waals surface area contributed by atoms with E-state index in [4.69, 9.17) is 4.74 Å². The number of halogens is 3. The number of benzene rings is 2. The zero-order chi connectivity index (χ0) is 32.3. The van der Waals surface area contributed by atoms with Gasteiger partial charge in [-0.3, -0.25) is 9.36 Å². The van der Waals surface area contributed by atoms with Crippen LogP contribution in [-0.2, 0) is 4.79 Å². The normalized spacial score (nSPS) is 16.2. The molecule has 0 saturated carbocycles. The summed E-state index contributed by atoms with van der Waals surface area (Å²) in [6.45, 7) is 11.3. The molecule has 1 unspecified atom stereocenters. The molecule has 1 N–H and O–H groups in total. The first-order valence-electron chi connectivity index (χ1n) is 14.6. The molecule has 0 spiro atoms. The van der Waals surface area contributed by atoms with Crippen molar-refractivity contribution in [1.82, 2.24) is 24.4 Å². The number of phenols is 1. The van der Waals surface area contributed by atoms with E-state index in [1.807, 2.05) is 27.7 Å². The first-order chi connectivity index (χ1) is 21.5. The van der Waals surface area contributed by atoms with E-state index in [0.717, 1.165) is 16.7 Å². The highest BCUT2D eigenvalue weighted by molar-refractivity contribution is 6.01. The standard InChI is InChI=1S/C32H31F3N6O4/c1-6-20(43)39-10-11-40-17(12-39)13-45-30-23-28(24(34)22(25(30)35)21-18(33)8-7-9-19(21)42)41(32(44)38-31(23)40)29-26(15(2)3)36-14-37-27(29)16(4)5/h6-9,14-17,42H,1,10-13H2,2-5H3. The van der Waals surface area contributed by atoms with Crippen molar-refractivity contribution in [3.8, 4) is 28.3 Å². The summed E-state index contributed by atoms with van der Waals surface area (Å²) in [7, 11) is 0. The Morgan fingerprint density at radius 1 is 1.07 bits per heavy atom. The van der Waals surface area contributed by atoms with Crippen LogP contribution in [0.3, 0.4) is 0 Å². The van der Waals surface area contributed by atoms with Crippen LogP contribution in [0.25, 0.3) is 27.7 Å². The van der Waals surface area contributed by atoms with Gasteiger partial charge >= 0.3 is 5.69 Å². The van der Waals surface area contributed by atoms with E-state index in [0.29, 0.717) is 11.4 Å². The molecule has 2 aliphatic heterocycles. The molecule has 1 amide bonds. The molecular formula is C32H31F3N6O4. The minimum atomic E-state index is -1.30. The lowest BCUT2D eigenvalue weighted by atomic mass is 9.98. The van der Waals surface area contributed by atoms with Gasteiger partial charge in [0, 0.05) is 19.6 Å². The summed E-state index contributed by atoms with van der Waals surface area (Å²) < 4.78 is 56.1. The molecule has 2 aromatic heterocycles. The first-order valence-corrected chi connectivity index (χ1v) is 14.6. The molecule has 1 saturated heterocycles. The molecule has 10 nitrogen and oxygen atoms in total. The van der Waals surface area contributed by atoms with Gasteiger partial charge in [-0.25, -0.2) is 27.9 Å². The topological polar surface area (TPSA) is 114 Å². The number of ether oxygens (including phenoxy) is 1. The average Bonchev–Trinajstić information content (AvgIpc) is 3.16. The van der Waals surface area contributed by atoms with Gasteiger partial charge in [0.25, 0.3) is 0 Å². The molecule has 234 valence electrons. The first kappa shape index (κ1) is 30.1. The molecule has 2 aliphatic rings. The van der Waals surface area contributed by atoms with Crippen LogP contribution in [0, 0.1) is 17.5 Å². The molecule has 13 heteroatoms. The van der Waals surface area contributed by atoms with Crippen LogP contribution in [0.1, 0.15) is 50.9 Å². The van der Waals surface area contributed by atoms with Crippen LogP contribution in [0.5, 0.6) is 11.5 Å². The Morgan fingerprint density at radius 2 is 1.76 bits per heavy atom. The fraction of sp³-hybridized carbons (Fsp3) is 0.344. The number of nitrogens with zero attached hydrogens (tertiary/aromatic N) is 6. The van der Waals surface area contributed by atoms with Crippen LogP contribution in [-0.4, -0.2) is 67.7 Å². The third-order valence-corrected chi connectivity index (χ3v) is 8.25. The minimum absolute atomic E-state index is 0.0365. The van der Waals surface area contributed by atoms with Gasteiger partial charge in [0.1, 0.15) is 35.8 Å². The summed E-state index contributed by atoms with van der Waals surface area (Å²) in [6, 6.07) is 2.68.